The van der Waals surface area contributed by atoms with E-state index in [1.54, 1.807) is 0 Å². The van der Waals surface area contributed by atoms with Crippen LogP contribution < -0.4 is 4.72 Å². The summed E-state index contributed by atoms with van der Waals surface area (Å²) in [6.45, 7) is 4.84. The first-order chi connectivity index (χ1) is 7.57. The molecule has 1 heterocycles. The number of hydrogen-bond donors (Lipinski definition) is 2. The number of piperidine rings is 1. The molecule has 0 atom stereocenters. The van der Waals surface area contributed by atoms with Gasteiger partial charge in [0.25, 0.3) is 0 Å². The molecular weight excluding hydrogens is 228 g/mol. The molecule has 0 bridgehead atoms. The van der Waals surface area contributed by atoms with E-state index < -0.39 is 10.0 Å². The fourth-order valence-corrected chi connectivity index (χ4v) is 3.13. The van der Waals surface area contributed by atoms with E-state index >= 15 is 0 Å². The fourth-order valence-electron chi connectivity index (χ4n) is 2.02. The number of aliphatic hydroxyl groups is 1. The third-order valence-electron chi connectivity index (χ3n) is 2.83. The summed E-state index contributed by atoms with van der Waals surface area (Å²) in [5.74, 6) is -0.192. The Bertz CT molecular complexity index is 284. The number of rotatable bonds is 6. The van der Waals surface area contributed by atoms with Gasteiger partial charge in [-0.1, -0.05) is 6.92 Å². The maximum Gasteiger partial charge on any atom is 0.214 e. The highest BCUT2D eigenvalue weighted by atomic mass is 32.2. The molecule has 0 spiro atoms. The van der Waals surface area contributed by atoms with Gasteiger partial charge in [0.1, 0.15) is 0 Å². The summed E-state index contributed by atoms with van der Waals surface area (Å²) >= 11 is 0. The summed E-state index contributed by atoms with van der Waals surface area (Å²) in [5.41, 5.74) is 0. The van der Waals surface area contributed by atoms with Gasteiger partial charge >= 0.3 is 0 Å². The van der Waals surface area contributed by atoms with Crippen LogP contribution in [0.15, 0.2) is 0 Å². The number of likely N-dealkylation sites (tertiary alicyclic amines) is 1. The third-order valence-corrected chi connectivity index (χ3v) is 4.25. The van der Waals surface area contributed by atoms with Gasteiger partial charge in [-0.2, -0.15) is 0 Å². The van der Waals surface area contributed by atoms with E-state index in [0.717, 1.165) is 38.9 Å². The van der Waals surface area contributed by atoms with Gasteiger partial charge in [0.05, 0.1) is 12.4 Å². The predicted molar refractivity (Wildman–Crippen MR) is 63.8 cm³/mol. The van der Waals surface area contributed by atoms with Crippen molar-refractivity contribution in [2.75, 3.05) is 32.0 Å². The van der Waals surface area contributed by atoms with E-state index in [9.17, 15) is 8.42 Å². The normalized spacial score (nSPS) is 20.1. The van der Waals surface area contributed by atoms with Crippen molar-refractivity contribution in [3.05, 3.63) is 0 Å². The zero-order valence-electron chi connectivity index (χ0n) is 9.85. The van der Waals surface area contributed by atoms with E-state index in [-0.39, 0.29) is 18.4 Å². The van der Waals surface area contributed by atoms with Crippen molar-refractivity contribution < 1.29 is 13.5 Å². The van der Waals surface area contributed by atoms with Crippen LogP contribution in [0.3, 0.4) is 0 Å². The zero-order valence-corrected chi connectivity index (χ0v) is 10.7. The summed E-state index contributed by atoms with van der Waals surface area (Å²) in [6, 6.07) is 0.0460. The van der Waals surface area contributed by atoms with Crippen LogP contribution in [0.4, 0.5) is 0 Å². The lowest BCUT2D eigenvalue weighted by Gasteiger charge is -2.31. The molecule has 1 rings (SSSR count). The van der Waals surface area contributed by atoms with Gasteiger partial charge in [0.2, 0.25) is 10.0 Å². The van der Waals surface area contributed by atoms with Crippen molar-refractivity contribution in [3.8, 4) is 0 Å². The molecule has 0 radical (unpaired) electrons. The number of aliphatic hydroxyl groups excluding tert-OH is 1. The van der Waals surface area contributed by atoms with Crippen LogP contribution in [0.1, 0.15) is 26.2 Å². The summed E-state index contributed by atoms with van der Waals surface area (Å²) in [6.07, 6.45) is 2.87. The van der Waals surface area contributed by atoms with Crippen molar-refractivity contribution in [2.45, 2.75) is 32.2 Å². The van der Waals surface area contributed by atoms with Crippen LogP contribution in [-0.2, 0) is 10.0 Å². The molecule has 0 aromatic heterocycles. The maximum atomic E-state index is 11.4. The van der Waals surface area contributed by atoms with E-state index in [1.165, 1.54) is 0 Å². The van der Waals surface area contributed by atoms with E-state index in [0.29, 0.717) is 0 Å². The minimum atomic E-state index is -3.28. The monoisotopic (exact) mass is 250 g/mol. The molecular formula is C10H22N2O3S. The molecule has 0 aromatic rings. The van der Waals surface area contributed by atoms with E-state index in [4.69, 9.17) is 5.11 Å². The second-order valence-corrected chi connectivity index (χ2v) is 6.15. The molecule has 6 heteroatoms. The largest absolute Gasteiger partial charge is 0.395 e. The summed E-state index contributed by atoms with van der Waals surface area (Å²) in [4.78, 5) is 2.36. The Morgan fingerprint density at radius 3 is 2.50 bits per heavy atom. The highest BCUT2D eigenvalue weighted by molar-refractivity contribution is 7.89. The third kappa shape index (κ3) is 4.78. The lowest BCUT2D eigenvalue weighted by atomic mass is 10.1. The number of nitrogens with zero attached hydrogens (tertiary/aromatic N) is 1. The lowest BCUT2D eigenvalue weighted by Crippen LogP contribution is -2.45. The molecule has 16 heavy (non-hydrogen) atoms. The minimum Gasteiger partial charge on any atom is -0.395 e. The Balaban J connectivity index is 2.32. The lowest BCUT2D eigenvalue weighted by molar-refractivity contribution is 0.207. The van der Waals surface area contributed by atoms with Crippen LogP contribution in [0, 0.1) is 0 Å². The van der Waals surface area contributed by atoms with Gasteiger partial charge in [-0.05, 0) is 38.9 Å². The molecule has 0 saturated carbocycles. The Morgan fingerprint density at radius 1 is 1.38 bits per heavy atom. The highest BCUT2D eigenvalue weighted by Gasteiger charge is 2.22. The molecule has 1 saturated heterocycles. The molecule has 5 nitrogen and oxygen atoms in total. The number of hydrogen-bond acceptors (Lipinski definition) is 4. The molecule has 0 unspecified atom stereocenters. The molecule has 0 aromatic carbocycles. The molecule has 0 aliphatic carbocycles. The second-order valence-electron chi connectivity index (χ2n) is 4.28. The second kappa shape index (κ2) is 6.54. The Morgan fingerprint density at radius 2 is 2.00 bits per heavy atom. The first kappa shape index (κ1) is 13.9. The molecule has 1 aliphatic heterocycles. The van der Waals surface area contributed by atoms with Crippen LogP contribution >= 0.6 is 0 Å². The van der Waals surface area contributed by atoms with Crippen molar-refractivity contribution >= 4 is 10.0 Å². The van der Waals surface area contributed by atoms with Gasteiger partial charge in [0.15, 0.2) is 0 Å². The molecule has 0 amide bonds. The van der Waals surface area contributed by atoms with Crippen LogP contribution in [0.25, 0.3) is 0 Å². The molecule has 2 N–H and O–H groups in total. The van der Waals surface area contributed by atoms with E-state index in [2.05, 4.69) is 16.5 Å². The van der Waals surface area contributed by atoms with Crippen LogP contribution in [-0.4, -0.2) is 56.5 Å². The van der Waals surface area contributed by atoms with Crippen molar-refractivity contribution in [1.82, 2.24) is 9.62 Å². The fraction of sp³-hybridized carbons (Fsp3) is 1.00. The SMILES string of the molecule is CCCN1CCC(NS(=O)(=O)CCO)CC1. The van der Waals surface area contributed by atoms with Crippen molar-refractivity contribution in [1.29, 1.82) is 0 Å². The van der Waals surface area contributed by atoms with Gasteiger partial charge in [-0.3, -0.25) is 0 Å². The minimum absolute atomic E-state index is 0.0460. The topological polar surface area (TPSA) is 69.6 Å². The van der Waals surface area contributed by atoms with E-state index in [1.807, 2.05) is 0 Å². The number of nitrogens with one attached hydrogen (secondary N) is 1. The smallest absolute Gasteiger partial charge is 0.214 e. The first-order valence-corrected chi connectivity index (χ1v) is 7.56. The number of sulfonamides is 1. The predicted octanol–water partition coefficient (Wildman–Crippen LogP) is -0.227. The van der Waals surface area contributed by atoms with Gasteiger partial charge in [-0.25, -0.2) is 13.1 Å². The van der Waals surface area contributed by atoms with Crippen LogP contribution in [0.2, 0.25) is 0 Å². The van der Waals surface area contributed by atoms with Crippen LogP contribution in [0.5, 0.6) is 0 Å². The van der Waals surface area contributed by atoms with Crippen molar-refractivity contribution in [2.24, 2.45) is 0 Å². The Kier molecular flexibility index (Phi) is 5.68. The molecule has 1 aliphatic rings. The Labute approximate surface area is 97.9 Å². The molecule has 1 fully saturated rings. The average Bonchev–Trinajstić information content (AvgIpc) is 2.21. The van der Waals surface area contributed by atoms with Gasteiger partial charge in [0, 0.05) is 6.04 Å². The zero-order chi connectivity index (χ0) is 12.0. The first-order valence-electron chi connectivity index (χ1n) is 5.90. The average molecular weight is 250 g/mol. The Hall–Kier alpha value is -0.170. The standard InChI is InChI=1S/C10H22N2O3S/c1-2-5-12-6-3-10(4-7-12)11-16(14,15)9-8-13/h10-11,13H,2-9H2,1H3. The summed E-state index contributed by atoms with van der Waals surface area (Å²) in [7, 11) is -3.28. The maximum absolute atomic E-state index is 11.4. The summed E-state index contributed by atoms with van der Waals surface area (Å²) in [5, 5.41) is 8.62. The highest BCUT2D eigenvalue weighted by Crippen LogP contribution is 2.11. The van der Waals surface area contributed by atoms with Crippen molar-refractivity contribution in [3.63, 3.8) is 0 Å². The quantitative estimate of drug-likeness (QED) is 0.683. The van der Waals surface area contributed by atoms with Gasteiger partial charge in [-0.15, -0.1) is 0 Å². The molecule has 96 valence electrons. The van der Waals surface area contributed by atoms with Gasteiger partial charge < -0.3 is 10.0 Å². The summed E-state index contributed by atoms with van der Waals surface area (Å²) < 4.78 is 25.5.